The molecule has 2 aliphatic rings. The van der Waals surface area contributed by atoms with Crippen molar-refractivity contribution in [2.24, 2.45) is 5.92 Å². The van der Waals surface area contributed by atoms with Gasteiger partial charge in [-0.25, -0.2) is 0 Å². The van der Waals surface area contributed by atoms with Gasteiger partial charge in [-0.2, -0.15) is 0 Å². The van der Waals surface area contributed by atoms with Crippen molar-refractivity contribution in [2.45, 2.75) is 65.0 Å². The standard InChI is InChI=1S/C26H27ClN2O3S/c1-15-5-3-4-6-22(15)32-25-16(2)11-17(27)12-20(25)19-9-10-28-21-13-18(33-26(19)21)14-29-23(30)7-8-24(29)31/h9-13,15,22H,3-8,14H2,1-2H3/t15-,22+/m0/s1. The van der Waals surface area contributed by atoms with Crippen molar-refractivity contribution >= 4 is 45.0 Å². The Morgan fingerprint density at radius 3 is 2.64 bits per heavy atom. The van der Waals surface area contributed by atoms with Crippen LogP contribution in [0.2, 0.25) is 5.02 Å². The van der Waals surface area contributed by atoms with E-state index in [1.165, 1.54) is 24.2 Å². The minimum atomic E-state index is -0.103. The fourth-order valence-electron chi connectivity index (χ4n) is 4.93. The normalized spacial score (nSPS) is 21.2. The van der Waals surface area contributed by atoms with Crippen molar-refractivity contribution in [2.75, 3.05) is 0 Å². The van der Waals surface area contributed by atoms with Crippen LogP contribution < -0.4 is 4.74 Å². The molecule has 0 unspecified atom stereocenters. The van der Waals surface area contributed by atoms with E-state index < -0.39 is 0 Å². The van der Waals surface area contributed by atoms with E-state index >= 15 is 0 Å². The van der Waals surface area contributed by atoms with Gasteiger partial charge in [0.1, 0.15) is 11.9 Å². The number of halogens is 1. The molecule has 1 saturated heterocycles. The molecule has 2 amide bonds. The molecular formula is C26H27ClN2O3S. The van der Waals surface area contributed by atoms with Crippen LogP contribution in [-0.2, 0) is 16.1 Å². The number of ether oxygens (including phenoxy) is 1. The molecule has 0 radical (unpaired) electrons. The van der Waals surface area contributed by atoms with E-state index in [1.807, 2.05) is 31.2 Å². The van der Waals surface area contributed by atoms with Crippen molar-refractivity contribution in [1.82, 2.24) is 9.88 Å². The monoisotopic (exact) mass is 482 g/mol. The first kappa shape index (κ1) is 22.4. The Morgan fingerprint density at radius 1 is 1.12 bits per heavy atom. The van der Waals surface area contributed by atoms with Crippen molar-refractivity contribution in [3.63, 3.8) is 0 Å². The Hall–Kier alpha value is -2.44. The fraction of sp³-hybridized carbons (Fsp3) is 0.423. The third-order valence-electron chi connectivity index (χ3n) is 6.76. The second-order valence-electron chi connectivity index (χ2n) is 9.18. The van der Waals surface area contributed by atoms with Gasteiger partial charge in [0.15, 0.2) is 0 Å². The van der Waals surface area contributed by atoms with Gasteiger partial charge < -0.3 is 4.74 Å². The molecule has 3 aromatic rings. The van der Waals surface area contributed by atoms with Crippen LogP contribution in [0.3, 0.4) is 0 Å². The summed E-state index contributed by atoms with van der Waals surface area (Å²) in [6.45, 7) is 4.61. The fourth-order valence-corrected chi connectivity index (χ4v) is 6.33. The second kappa shape index (κ2) is 9.07. The number of nitrogens with zero attached hydrogens (tertiary/aromatic N) is 2. The van der Waals surface area contributed by atoms with Gasteiger partial charge >= 0.3 is 0 Å². The maximum absolute atomic E-state index is 12.1. The summed E-state index contributed by atoms with van der Waals surface area (Å²) in [7, 11) is 0. The van der Waals surface area contributed by atoms with Crippen LogP contribution in [0.4, 0.5) is 0 Å². The molecular weight excluding hydrogens is 456 g/mol. The first-order valence-corrected chi connectivity index (χ1v) is 12.8. The minimum Gasteiger partial charge on any atom is -0.489 e. The number of hydrogen-bond donors (Lipinski definition) is 0. The SMILES string of the molecule is Cc1cc(Cl)cc(-c2ccnc3cc(CN4C(=O)CCC4=O)sc23)c1O[C@@H]1CCCC[C@@H]1C. The Labute approximate surface area is 202 Å². The van der Waals surface area contributed by atoms with E-state index in [-0.39, 0.29) is 17.9 Å². The van der Waals surface area contributed by atoms with E-state index in [1.54, 1.807) is 17.5 Å². The number of carbonyl (C=O) groups is 2. The molecule has 172 valence electrons. The number of aryl methyl sites for hydroxylation is 1. The van der Waals surface area contributed by atoms with E-state index in [4.69, 9.17) is 16.3 Å². The van der Waals surface area contributed by atoms with Gasteiger partial charge in [-0.3, -0.25) is 19.5 Å². The summed E-state index contributed by atoms with van der Waals surface area (Å²) < 4.78 is 7.67. The van der Waals surface area contributed by atoms with Gasteiger partial charge in [0.05, 0.1) is 16.8 Å². The van der Waals surface area contributed by atoms with Crippen molar-refractivity contribution < 1.29 is 14.3 Å². The molecule has 5 nitrogen and oxygen atoms in total. The lowest BCUT2D eigenvalue weighted by Crippen LogP contribution is -2.28. The molecule has 5 rings (SSSR count). The summed E-state index contributed by atoms with van der Waals surface area (Å²) in [5.41, 5.74) is 3.85. The lowest BCUT2D eigenvalue weighted by Gasteiger charge is -2.31. The molecule has 33 heavy (non-hydrogen) atoms. The van der Waals surface area contributed by atoms with Gasteiger partial charge in [-0.1, -0.05) is 24.9 Å². The van der Waals surface area contributed by atoms with Crippen molar-refractivity contribution in [1.29, 1.82) is 0 Å². The summed E-state index contributed by atoms with van der Waals surface area (Å²) in [6, 6.07) is 7.90. The number of aromatic nitrogens is 1. The number of pyridine rings is 1. The summed E-state index contributed by atoms with van der Waals surface area (Å²) in [4.78, 5) is 31.0. The highest BCUT2D eigenvalue weighted by atomic mass is 35.5. The number of carbonyl (C=O) groups excluding carboxylic acids is 2. The minimum absolute atomic E-state index is 0.103. The molecule has 7 heteroatoms. The maximum Gasteiger partial charge on any atom is 0.230 e. The largest absolute Gasteiger partial charge is 0.489 e. The molecule has 1 aromatic carbocycles. The zero-order chi connectivity index (χ0) is 23.1. The molecule has 2 aromatic heterocycles. The quantitative estimate of drug-likeness (QED) is 0.388. The van der Waals surface area contributed by atoms with Crippen LogP contribution in [-0.4, -0.2) is 27.8 Å². The van der Waals surface area contributed by atoms with Gasteiger partial charge in [0.2, 0.25) is 11.8 Å². The number of rotatable bonds is 5. The predicted molar refractivity (Wildman–Crippen MR) is 132 cm³/mol. The number of hydrogen-bond acceptors (Lipinski definition) is 5. The number of imide groups is 1. The molecule has 1 saturated carbocycles. The molecule has 2 fully saturated rings. The highest BCUT2D eigenvalue weighted by Crippen LogP contribution is 2.43. The van der Waals surface area contributed by atoms with E-state index in [0.29, 0.717) is 30.3 Å². The van der Waals surface area contributed by atoms with Gasteiger partial charge in [-0.15, -0.1) is 11.3 Å². The van der Waals surface area contributed by atoms with Crippen LogP contribution in [0, 0.1) is 12.8 Å². The van der Waals surface area contributed by atoms with Crippen molar-refractivity contribution in [3.05, 3.63) is 45.9 Å². The van der Waals surface area contributed by atoms with Gasteiger partial charge in [-0.05, 0) is 61.9 Å². The molecule has 0 N–H and O–H groups in total. The zero-order valence-corrected chi connectivity index (χ0v) is 20.5. The Kier molecular flexibility index (Phi) is 6.14. The van der Waals surface area contributed by atoms with Crippen LogP contribution >= 0.6 is 22.9 Å². The summed E-state index contributed by atoms with van der Waals surface area (Å²) in [5, 5.41) is 0.668. The molecule has 0 bridgehead atoms. The Bertz CT molecular complexity index is 1220. The Morgan fingerprint density at radius 2 is 1.88 bits per heavy atom. The molecule has 1 aliphatic heterocycles. The first-order chi connectivity index (χ1) is 15.9. The zero-order valence-electron chi connectivity index (χ0n) is 18.9. The van der Waals surface area contributed by atoms with E-state index in [9.17, 15) is 9.59 Å². The summed E-state index contributed by atoms with van der Waals surface area (Å²) >= 11 is 8.07. The highest BCUT2D eigenvalue weighted by molar-refractivity contribution is 7.19. The average molecular weight is 483 g/mol. The van der Waals surface area contributed by atoms with Crippen LogP contribution in [0.1, 0.15) is 55.9 Å². The van der Waals surface area contributed by atoms with Crippen molar-refractivity contribution in [3.8, 4) is 16.9 Å². The third kappa shape index (κ3) is 4.38. The molecule has 1 aliphatic carbocycles. The first-order valence-electron chi connectivity index (χ1n) is 11.6. The third-order valence-corrected chi connectivity index (χ3v) is 8.12. The topological polar surface area (TPSA) is 59.5 Å². The molecule has 2 atom stereocenters. The van der Waals surface area contributed by atoms with E-state index in [0.717, 1.165) is 44.0 Å². The van der Waals surface area contributed by atoms with Crippen LogP contribution in [0.25, 0.3) is 21.3 Å². The number of thiophene rings is 1. The number of likely N-dealkylation sites (tertiary alicyclic amines) is 1. The van der Waals surface area contributed by atoms with Gasteiger partial charge in [0, 0.05) is 40.1 Å². The molecule has 3 heterocycles. The number of fused-ring (bicyclic) bond motifs is 1. The summed E-state index contributed by atoms with van der Waals surface area (Å²) in [5.74, 6) is 1.19. The molecule has 0 spiro atoms. The van der Waals surface area contributed by atoms with E-state index in [2.05, 4.69) is 11.9 Å². The van der Waals surface area contributed by atoms with Gasteiger partial charge in [0.25, 0.3) is 0 Å². The maximum atomic E-state index is 12.1. The number of amides is 2. The predicted octanol–water partition coefficient (Wildman–Crippen LogP) is 6.53. The summed E-state index contributed by atoms with van der Waals surface area (Å²) in [6.07, 6.45) is 7.30. The smallest absolute Gasteiger partial charge is 0.230 e. The van der Waals surface area contributed by atoms with Crippen LogP contribution in [0.15, 0.2) is 30.5 Å². The average Bonchev–Trinajstić information content (AvgIpc) is 3.34. The lowest BCUT2D eigenvalue weighted by atomic mass is 9.88. The lowest BCUT2D eigenvalue weighted by molar-refractivity contribution is -0.138. The van der Waals surface area contributed by atoms with Crippen LogP contribution in [0.5, 0.6) is 5.75 Å². The Balaban J connectivity index is 1.55. The second-order valence-corrected chi connectivity index (χ2v) is 10.7. The number of benzene rings is 1. The highest BCUT2D eigenvalue weighted by Gasteiger charge is 2.30.